The third-order valence-electron chi connectivity index (χ3n) is 4.74. The average Bonchev–Trinajstić information content (AvgIpc) is 2.70. The molecule has 0 radical (unpaired) electrons. The molecular weight excluding hydrogens is 435 g/mol. The number of piperazine rings is 1. The molecule has 7 nitrogen and oxygen atoms in total. The lowest BCUT2D eigenvalue weighted by molar-refractivity contribution is -0.131. The minimum atomic E-state index is -3.70. The largest absolute Gasteiger partial charge is 0.384 e. The van der Waals surface area contributed by atoms with Crippen LogP contribution in [0.5, 0.6) is 0 Å². The Hall–Kier alpha value is -2.13. The Morgan fingerprint density at radius 1 is 1.00 bits per heavy atom. The van der Waals surface area contributed by atoms with Gasteiger partial charge in [-0.2, -0.15) is 4.31 Å². The van der Waals surface area contributed by atoms with Crippen LogP contribution in [0.2, 0.25) is 10.0 Å². The highest BCUT2D eigenvalue weighted by atomic mass is 35.5. The Kier molecular flexibility index (Phi) is 6.48. The summed E-state index contributed by atoms with van der Waals surface area (Å²) in [6, 6.07) is 11.1. The Labute approximate surface area is 179 Å². The van der Waals surface area contributed by atoms with Gasteiger partial charge in [0.15, 0.2) is 0 Å². The average molecular weight is 455 g/mol. The number of hydrogen-bond acceptors (Lipinski definition) is 4. The van der Waals surface area contributed by atoms with Crippen molar-refractivity contribution in [1.29, 1.82) is 5.41 Å². The Morgan fingerprint density at radius 3 is 2.17 bits per heavy atom. The van der Waals surface area contributed by atoms with Crippen molar-refractivity contribution in [2.75, 3.05) is 26.2 Å². The molecule has 29 heavy (non-hydrogen) atoms. The van der Waals surface area contributed by atoms with Crippen molar-refractivity contribution in [3.63, 3.8) is 0 Å². The highest BCUT2D eigenvalue weighted by Gasteiger charge is 2.30. The van der Waals surface area contributed by atoms with E-state index in [4.69, 9.17) is 34.3 Å². The van der Waals surface area contributed by atoms with Crippen molar-refractivity contribution in [2.24, 2.45) is 5.73 Å². The van der Waals surface area contributed by atoms with Gasteiger partial charge in [0.05, 0.1) is 21.4 Å². The lowest BCUT2D eigenvalue weighted by atomic mass is 10.1. The number of nitrogens with two attached hydrogens (primary N) is 1. The SMILES string of the molecule is N=C(N)c1ccc(CC(=O)N2CCN(S(=O)(=O)c3ccc(Cl)c(Cl)c3)CC2)cc1. The standard InChI is InChI=1S/C19H20Cl2N4O3S/c20-16-6-5-15(12-17(16)21)29(27,28)25-9-7-24(8-10-25)18(26)11-13-1-3-14(4-2-13)19(22)23/h1-6,12H,7-11H2,(H3,22,23). The zero-order chi connectivity index (χ0) is 21.2. The molecule has 10 heteroatoms. The molecule has 0 saturated carbocycles. The van der Waals surface area contributed by atoms with Crippen LogP contribution < -0.4 is 5.73 Å². The molecule has 0 aromatic heterocycles. The van der Waals surface area contributed by atoms with E-state index in [1.165, 1.54) is 22.5 Å². The van der Waals surface area contributed by atoms with E-state index in [0.717, 1.165) is 5.56 Å². The maximum atomic E-state index is 12.8. The van der Waals surface area contributed by atoms with Gasteiger partial charge in [-0.25, -0.2) is 8.42 Å². The van der Waals surface area contributed by atoms with Crippen LogP contribution in [0, 0.1) is 5.41 Å². The Morgan fingerprint density at radius 2 is 1.62 bits per heavy atom. The zero-order valence-corrected chi connectivity index (χ0v) is 17.8. The molecule has 1 heterocycles. The summed E-state index contributed by atoms with van der Waals surface area (Å²) in [5, 5.41) is 7.86. The van der Waals surface area contributed by atoms with Crippen LogP contribution >= 0.6 is 23.2 Å². The van der Waals surface area contributed by atoms with Gasteiger partial charge in [-0.3, -0.25) is 10.2 Å². The summed E-state index contributed by atoms with van der Waals surface area (Å²) in [4.78, 5) is 14.3. The predicted octanol–water partition coefficient (Wildman–Crippen LogP) is 2.35. The van der Waals surface area contributed by atoms with Crippen molar-refractivity contribution in [3.8, 4) is 0 Å². The molecule has 1 saturated heterocycles. The van der Waals surface area contributed by atoms with Gasteiger partial charge in [-0.05, 0) is 23.8 Å². The molecule has 0 spiro atoms. The molecule has 1 aliphatic heterocycles. The topological polar surface area (TPSA) is 108 Å². The second-order valence-corrected chi connectivity index (χ2v) is 9.40. The summed E-state index contributed by atoms with van der Waals surface area (Å²) in [6.07, 6.45) is 0.206. The lowest BCUT2D eigenvalue weighted by Gasteiger charge is -2.34. The van der Waals surface area contributed by atoms with Gasteiger partial charge in [-0.15, -0.1) is 0 Å². The number of hydrogen-bond donors (Lipinski definition) is 2. The summed E-state index contributed by atoms with van der Waals surface area (Å²) < 4.78 is 26.9. The molecule has 2 aromatic carbocycles. The summed E-state index contributed by atoms with van der Waals surface area (Å²) in [7, 11) is -3.70. The van der Waals surface area contributed by atoms with E-state index < -0.39 is 10.0 Å². The van der Waals surface area contributed by atoms with Crippen molar-refractivity contribution in [3.05, 3.63) is 63.6 Å². The van der Waals surface area contributed by atoms with Crippen LogP contribution in [0.3, 0.4) is 0 Å². The highest BCUT2D eigenvalue weighted by molar-refractivity contribution is 7.89. The number of nitrogens with zero attached hydrogens (tertiary/aromatic N) is 2. The fourth-order valence-electron chi connectivity index (χ4n) is 3.05. The highest BCUT2D eigenvalue weighted by Crippen LogP contribution is 2.27. The second kappa shape index (κ2) is 8.71. The number of benzene rings is 2. The van der Waals surface area contributed by atoms with Crippen LogP contribution in [0.4, 0.5) is 0 Å². The maximum Gasteiger partial charge on any atom is 0.243 e. The minimum Gasteiger partial charge on any atom is -0.384 e. The van der Waals surface area contributed by atoms with Gasteiger partial charge in [-0.1, -0.05) is 47.5 Å². The quantitative estimate of drug-likeness (QED) is 0.533. The van der Waals surface area contributed by atoms with E-state index in [1.54, 1.807) is 29.2 Å². The van der Waals surface area contributed by atoms with Crippen LogP contribution in [0.25, 0.3) is 0 Å². The van der Waals surface area contributed by atoms with Crippen molar-refractivity contribution >= 4 is 45.0 Å². The van der Waals surface area contributed by atoms with Crippen molar-refractivity contribution in [1.82, 2.24) is 9.21 Å². The number of nitrogen functional groups attached to an aromatic ring is 1. The van der Waals surface area contributed by atoms with E-state index >= 15 is 0 Å². The van der Waals surface area contributed by atoms with Gasteiger partial charge < -0.3 is 10.6 Å². The third kappa shape index (κ3) is 4.90. The Balaban J connectivity index is 1.61. The predicted molar refractivity (Wildman–Crippen MR) is 113 cm³/mol. The molecule has 0 bridgehead atoms. The molecule has 0 unspecified atom stereocenters. The fraction of sp³-hybridized carbons (Fsp3) is 0.263. The van der Waals surface area contributed by atoms with E-state index in [2.05, 4.69) is 0 Å². The number of carbonyl (C=O) groups excluding carboxylic acids is 1. The molecule has 0 aliphatic carbocycles. The van der Waals surface area contributed by atoms with Gasteiger partial charge in [0, 0.05) is 31.7 Å². The molecule has 3 N–H and O–H groups in total. The van der Waals surface area contributed by atoms with E-state index in [0.29, 0.717) is 18.7 Å². The van der Waals surface area contributed by atoms with Gasteiger partial charge in [0.1, 0.15) is 5.84 Å². The third-order valence-corrected chi connectivity index (χ3v) is 7.37. The summed E-state index contributed by atoms with van der Waals surface area (Å²) >= 11 is 11.8. The first-order chi connectivity index (χ1) is 13.7. The number of halogens is 2. The maximum absolute atomic E-state index is 12.8. The van der Waals surface area contributed by atoms with Crippen LogP contribution in [0.1, 0.15) is 11.1 Å². The minimum absolute atomic E-state index is 0.0258. The molecule has 3 rings (SSSR count). The molecule has 0 atom stereocenters. The number of rotatable bonds is 5. The first-order valence-electron chi connectivity index (χ1n) is 8.85. The van der Waals surface area contributed by atoms with Crippen molar-refractivity contribution in [2.45, 2.75) is 11.3 Å². The first-order valence-corrected chi connectivity index (χ1v) is 11.0. The van der Waals surface area contributed by atoms with Crippen LogP contribution in [-0.2, 0) is 21.2 Å². The number of sulfonamides is 1. The van der Waals surface area contributed by atoms with Crippen LogP contribution in [-0.4, -0.2) is 55.5 Å². The van der Waals surface area contributed by atoms with E-state index in [1.807, 2.05) is 0 Å². The molecule has 1 fully saturated rings. The summed E-state index contributed by atoms with van der Waals surface area (Å²) in [5.41, 5.74) is 6.84. The normalized spacial score (nSPS) is 15.3. The zero-order valence-electron chi connectivity index (χ0n) is 15.4. The number of amides is 1. The van der Waals surface area contributed by atoms with Crippen LogP contribution in [0.15, 0.2) is 47.4 Å². The lowest BCUT2D eigenvalue weighted by Crippen LogP contribution is -2.50. The monoisotopic (exact) mass is 454 g/mol. The number of nitrogens with one attached hydrogen (secondary N) is 1. The fourth-order valence-corrected chi connectivity index (χ4v) is 4.86. The molecule has 1 aliphatic rings. The summed E-state index contributed by atoms with van der Waals surface area (Å²) in [5.74, 6) is -0.102. The molecule has 154 valence electrons. The molecule has 2 aromatic rings. The number of amidine groups is 1. The second-order valence-electron chi connectivity index (χ2n) is 6.65. The van der Waals surface area contributed by atoms with E-state index in [-0.39, 0.29) is 46.2 Å². The molecule has 1 amide bonds. The van der Waals surface area contributed by atoms with Gasteiger partial charge in [0.2, 0.25) is 15.9 Å². The Bertz CT molecular complexity index is 1030. The smallest absolute Gasteiger partial charge is 0.243 e. The van der Waals surface area contributed by atoms with Gasteiger partial charge >= 0.3 is 0 Å². The van der Waals surface area contributed by atoms with Gasteiger partial charge in [0.25, 0.3) is 0 Å². The van der Waals surface area contributed by atoms with Crippen molar-refractivity contribution < 1.29 is 13.2 Å². The summed E-state index contributed by atoms with van der Waals surface area (Å²) in [6.45, 7) is 1.03. The van der Waals surface area contributed by atoms with E-state index in [9.17, 15) is 13.2 Å². The number of carbonyl (C=O) groups is 1. The first kappa shape index (κ1) is 21.6. The molecular formula is C19H20Cl2N4O3S.